The Kier molecular flexibility index (Phi) is 8.28. The fourth-order valence-electron chi connectivity index (χ4n) is 9.17. The Morgan fingerprint density at radius 1 is 0.524 bits per heavy atom. The van der Waals surface area contributed by atoms with Crippen LogP contribution in [0.2, 0.25) is 0 Å². The Labute approximate surface area is 253 Å². The zero-order valence-corrected chi connectivity index (χ0v) is 25.4. The molecule has 6 fully saturated rings. The van der Waals surface area contributed by atoms with E-state index in [2.05, 4.69) is 84.9 Å². The van der Waals surface area contributed by atoms with Gasteiger partial charge in [0.2, 0.25) is 0 Å². The largest absolute Gasteiger partial charge is 0.488 e. The number of benzene rings is 3. The van der Waals surface area contributed by atoms with Crippen molar-refractivity contribution in [1.29, 1.82) is 0 Å². The molecular formula is C38H50N2O2+2. The average Bonchev–Trinajstić information content (AvgIpc) is 3.03. The Hall–Kier alpha value is -2.82. The molecule has 222 valence electrons. The van der Waals surface area contributed by atoms with Gasteiger partial charge in [-0.3, -0.25) is 0 Å². The van der Waals surface area contributed by atoms with Crippen molar-refractivity contribution in [3.05, 3.63) is 96.1 Å². The number of rotatable bonds is 12. The van der Waals surface area contributed by atoms with Crippen LogP contribution in [0.25, 0.3) is 0 Å². The van der Waals surface area contributed by atoms with Crippen LogP contribution >= 0.6 is 0 Å². The Morgan fingerprint density at radius 3 is 1.38 bits per heavy atom. The first-order valence-corrected chi connectivity index (χ1v) is 16.8. The van der Waals surface area contributed by atoms with Crippen LogP contribution in [0.15, 0.2) is 84.9 Å². The lowest BCUT2D eigenvalue weighted by Gasteiger charge is -2.53. The molecule has 0 N–H and O–H groups in total. The third kappa shape index (κ3) is 6.40. The monoisotopic (exact) mass is 566 g/mol. The average molecular weight is 567 g/mol. The molecule has 6 aliphatic rings. The maximum absolute atomic E-state index is 6.36. The summed E-state index contributed by atoms with van der Waals surface area (Å²) in [6.07, 6.45) is 8.01. The molecule has 0 saturated carbocycles. The van der Waals surface area contributed by atoms with Gasteiger partial charge in [-0.15, -0.1) is 0 Å². The number of fused-ring (bicyclic) bond motifs is 6. The van der Waals surface area contributed by atoms with Crippen LogP contribution < -0.4 is 9.47 Å². The van der Waals surface area contributed by atoms with Crippen molar-refractivity contribution < 1.29 is 18.4 Å². The van der Waals surface area contributed by atoms with Crippen LogP contribution in [0.4, 0.5) is 0 Å². The van der Waals surface area contributed by atoms with Gasteiger partial charge in [-0.25, -0.2) is 0 Å². The highest BCUT2D eigenvalue weighted by Crippen LogP contribution is 2.40. The summed E-state index contributed by atoms with van der Waals surface area (Å²) in [4.78, 5) is 0. The molecule has 0 aromatic heterocycles. The van der Waals surface area contributed by atoms with E-state index in [0.717, 1.165) is 61.5 Å². The van der Waals surface area contributed by atoms with Gasteiger partial charge < -0.3 is 18.4 Å². The van der Waals surface area contributed by atoms with Gasteiger partial charge in [0.05, 0.1) is 39.3 Å². The topological polar surface area (TPSA) is 18.5 Å². The molecule has 2 unspecified atom stereocenters. The van der Waals surface area contributed by atoms with Crippen LogP contribution in [0, 0.1) is 23.7 Å². The van der Waals surface area contributed by atoms with Gasteiger partial charge in [0.1, 0.15) is 37.8 Å². The Morgan fingerprint density at radius 2 is 0.952 bits per heavy atom. The minimum Gasteiger partial charge on any atom is -0.488 e. The Bertz CT molecular complexity index is 1180. The molecule has 6 saturated heterocycles. The minimum absolute atomic E-state index is 0.788. The van der Waals surface area contributed by atoms with Crippen molar-refractivity contribution in [1.82, 2.24) is 0 Å². The summed E-state index contributed by atoms with van der Waals surface area (Å²) in [6, 6.07) is 30.6. The molecule has 3 aromatic carbocycles. The summed E-state index contributed by atoms with van der Waals surface area (Å²) in [5.41, 5.74) is 3.01. The first kappa shape index (κ1) is 28.0. The summed E-state index contributed by atoms with van der Waals surface area (Å²) < 4.78 is 15.2. The van der Waals surface area contributed by atoms with E-state index >= 15 is 0 Å². The number of quaternary nitrogens is 2. The van der Waals surface area contributed by atoms with Crippen LogP contribution in [0.5, 0.6) is 11.5 Å². The molecule has 42 heavy (non-hydrogen) atoms. The molecular weight excluding hydrogens is 516 g/mol. The number of ether oxygens (including phenoxy) is 2. The molecule has 3 aromatic rings. The number of nitrogens with zero attached hydrogens (tertiary/aromatic N) is 2. The molecule has 0 spiro atoms. The summed E-state index contributed by atoms with van der Waals surface area (Å²) >= 11 is 0. The van der Waals surface area contributed by atoms with E-state index in [0.29, 0.717) is 0 Å². The van der Waals surface area contributed by atoms with Gasteiger partial charge in [0, 0.05) is 43.6 Å². The number of hydrogen-bond donors (Lipinski definition) is 0. The SMILES string of the molecule is c1ccc(CC2C[N+]3(CCOc4cccc(OCC[N+]56CCC(CC5)C(Cc5ccccc5)C6)c4)CCC2CC3)cc1. The molecule has 0 amide bonds. The van der Waals surface area contributed by atoms with E-state index in [1.165, 1.54) is 97.9 Å². The standard InChI is InChI=1S/C38H50N2O2/c1-3-8-31(9-4-1)26-35-29-39(18-14-33(35)15-19-39)22-24-41-37-12-7-13-38(28-37)42-25-23-40-20-16-34(17-21-40)36(30-40)27-32-10-5-2-6-11-32/h1-13,28,33-36H,14-27,29-30H2/q+2. The van der Waals surface area contributed by atoms with E-state index < -0.39 is 0 Å². The van der Waals surface area contributed by atoms with E-state index in [-0.39, 0.29) is 0 Å². The molecule has 4 nitrogen and oxygen atoms in total. The lowest BCUT2D eigenvalue weighted by atomic mass is 9.74. The van der Waals surface area contributed by atoms with E-state index in [1.807, 2.05) is 0 Å². The van der Waals surface area contributed by atoms with Crippen molar-refractivity contribution in [2.75, 3.05) is 65.6 Å². The quantitative estimate of drug-likeness (QED) is 0.229. The first-order valence-electron chi connectivity index (χ1n) is 16.8. The van der Waals surface area contributed by atoms with E-state index in [4.69, 9.17) is 9.47 Å². The highest BCUT2D eigenvalue weighted by molar-refractivity contribution is 5.33. The molecule has 0 aliphatic carbocycles. The maximum Gasteiger partial charge on any atom is 0.137 e. The summed E-state index contributed by atoms with van der Waals surface area (Å²) in [6.45, 7) is 11.8. The zero-order valence-electron chi connectivity index (χ0n) is 25.4. The van der Waals surface area contributed by atoms with E-state index in [9.17, 15) is 0 Å². The van der Waals surface area contributed by atoms with Crippen LogP contribution in [0.1, 0.15) is 36.8 Å². The normalized spacial score (nSPS) is 31.6. The van der Waals surface area contributed by atoms with Crippen molar-refractivity contribution in [3.63, 3.8) is 0 Å². The second-order valence-corrected chi connectivity index (χ2v) is 14.1. The summed E-state index contributed by atoms with van der Waals surface area (Å²) in [7, 11) is 0. The van der Waals surface area contributed by atoms with Gasteiger partial charge >= 0.3 is 0 Å². The Balaban J connectivity index is 0.885. The third-order valence-electron chi connectivity index (χ3n) is 11.6. The second kappa shape index (κ2) is 12.4. The smallest absolute Gasteiger partial charge is 0.137 e. The third-order valence-corrected chi connectivity index (χ3v) is 11.6. The zero-order chi connectivity index (χ0) is 28.2. The summed E-state index contributed by atoms with van der Waals surface area (Å²) in [5, 5.41) is 0. The van der Waals surface area contributed by atoms with Crippen LogP contribution in [-0.2, 0) is 12.8 Å². The van der Waals surface area contributed by atoms with Crippen molar-refractivity contribution in [3.8, 4) is 11.5 Å². The van der Waals surface area contributed by atoms with Gasteiger partial charge in [-0.1, -0.05) is 66.7 Å². The molecule has 6 heterocycles. The highest BCUT2D eigenvalue weighted by atomic mass is 16.5. The molecule has 4 heteroatoms. The number of hydrogen-bond acceptors (Lipinski definition) is 2. The van der Waals surface area contributed by atoms with Crippen LogP contribution in [-0.4, -0.2) is 74.5 Å². The van der Waals surface area contributed by atoms with Crippen molar-refractivity contribution in [2.24, 2.45) is 23.7 Å². The van der Waals surface area contributed by atoms with Gasteiger partial charge in [-0.2, -0.15) is 0 Å². The molecule has 0 radical (unpaired) electrons. The lowest BCUT2D eigenvalue weighted by Crippen LogP contribution is -2.63. The lowest BCUT2D eigenvalue weighted by molar-refractivity contribution is -0.946. The molecule has 9 rings (SSSR count). The minimum atomic E-state index is 0.788. The van der Waals surface area contributed by atoms with Gasteiger partial charge in [0.15, 0.2) is 0 Å². The van der Waals surface area contributed by atoms with Gasteiger partial charge in [-0.05, 0) is 47.9 Å². The van der Waals surface area contributed by atoms with Crippen molar-refractivity contribution >= 4 is 0 Å². The predicted molar refractivity (Wildman–Crippen MR) is 170 cm³/mol. The van der Waals surface area contributed by atoms with Crippen molar-refractivity contribution in [2.45, 2.75) is 38.5 Å². The molecule has 4 bridgehead atoms. The molecule has 6 aliphatic heterocycles. The van der Waals surface area contributed by atoms with E-state index in [1.54, 1.807) is 0 Å². The maximum atomic E-state index is 6.36. The first-order chi connectivity index (χ1) is 20.7. The summed E-state index contributed by atoms with van der Waals surface area (Å²) in [5.74, 6) is 5.36. The number of piperidine rings is 6. The fourth-order valence-corrected chi connectivity index (χ4v) is 9.17. The van der Waals surface area contributed by atoms with Gasteiger partial charge in [0.25, 0.3) is 0 Å². The highest BCUT2D eigenvalue weighted by Gasteiger charge is 2.46. The second-order valence-electron chi connectivity index (χ2n) is 14.1. The molecule has 2 atom stereocenters. The fraction of sp³-hybridized carbons (Fsp3) is 0.526. The van der Waals surface area contributed by atoms with Crippen LogP contribution in [0.3, 0.4) is 0 Å². The predicted octanol–water partition coefficient (Wildman–Crippen LogP) is 6.64.